The monoisotopic (exact) mass is 302 g/mol. The third kappa shape index (κ3) is 2.18. The van der Waals surface area contributed by atoms with E-state index in [1.165, 1.54) is 18.9 Å². The largest absolute Gasteiger partial charge is 0.497 e. The molecule has 8 heteroatoms. The molecule has 0 N–H and O–H groups in total. The van der Waals surface area contributed by atoms with E-state index in [0.29, 0.717) is 17.3 Å². The minimum atomic E-state index is -0.597. The first-order valence-corrected chi connectivity index (χ1v) is 6.65. The second-order valence-corrected chi connectivity index (χ2v) is 4.96. The Bertz CT molecular complexity index is 820. The minimum absolute atomic E-state index is 0.134. The number of fused-ring (bicyclic) bond motifs is 1. The molecule has 1 aliphatic heterocycles. The fourth-order valence-electron chi connectivity index (χ4n) is 2.37. The zero-order valence-corrected chi connectivity index (χ0v) is 12.1. The predicted octanol–water partition coefficient (Wildman–Crippen LogP) is 0.631. The topological polar surface area (TPSA) is 86.4 Å². The number of benzene rings is 1. The van der Waals surface area contributed by atoms with Crippen molar-refractivity contribution in [1.29, 1.82) is 0 Å². The summed E-state index contributed by atoms with van der Waals surface area (Å²) >= 11 is 0. The van der Waals surface area contributed by atoms with Crippen LogP contribution in [0.5, 0.6) is 5.75 Å². The molecule has 8 nitrogen and oxygen atoms in total. The Hall–Kier alpha value is -2.90. The lowest BCUT2D eigenvalue weighted by Gasteiger charge is -2.15. The van der Waals surface area contributed by atoms with Gasteiger partial charge in [-0.15, -0.1) is 0 Å². The molecule has 0 radical (unpaired) electrons. The van der Waals surface area contributed by atoms with Crippen LogP contribution in [0.2, 0.25) is 0 Å². The van der Waals surface area contributed by atoms with Crippen LogP contribution in [-0.2, 0) is 17.9 Å². The molecule has 0 atom stereocenters. The number of ether oxygens (including phenoxy) is 1. The lowest BCUT2D eigenvalue weighted by Crippen LogP contribution is -2.35. The molecule has 22 heavy (non-hydrogen) atoms. The standard InChI is InChI=1S/C14H14N4O4/c1-9(19)7-17-14(21)18-12(15-17)8-16(13(18)20)10-4-3-5-11(6-10)22-2/h3-6H,7-8H2,1-2H3. The van der Waals surface area contributed by atoms with E-state index in [9.17, 15) is 14.4 Å². The van der Waals surface area contributed by atoms with Gasteiger partial charge in [0.1, 0.15) is 12.3 Å². The Kier molecular flexibility index (Phi) is 3.28. The summed E-state index contributed by atoms with van der Waals surface area (Å²) in [6.07, 6.45) is 0. The van der Waals surface area contributed by atoms with Gasteiger partial charge < -0.3 is 4.74 Å². The van der Waals surface area contributed by atoms with Crippen molar-refractivity contribution in [3.63, 3.8) is 0 Å². The number of aromatic nitrogens is 3. The molecular weight excluding hydrogens is 288 g/mol. The van der Waals surface area contributed by atoms with Crippen molar-refractivity contribution in [3.8, 4) is 5.75 Å². The molecule has 114 valence electrons. The lowest BCUT2D eigenvalue weighted by molar-refractivity contribution is -0.117. The molecule has 0 bridgehead atoms. The molecule has 2 aromatic rings. The molecular formula is C14H14N4O4. The van der Waals surface area contributed by atoms with Crippen LogP contribution in [0, 0.1) is 0 Å². The van der Waals surface area contributed by atoms with E-state index >= 15 is 0 Å². The fraction of sp³-hybridized carbons (Fsp3) is 0.286. The summed E-state index contributed by atoms with van der Waals surface area (Å²) in [6, 6.07) is 6.50. The molecule has 0 fully saturated rings. The van der Waals surface area contributed by atoms with E-state index in [-0.39, 0.29) is 18.9 Å². The summed E-state index contributed by atoms with van der Waals surface area (Å²) in [5.41, 5.74) is 0.0213. The van der Waals surface area contributed by atoms with Crippen molar-refractivity contribution < 1.29 is 14.3 Å². The number of Topliss-reactive ketones (excluding diaryl/α,β-unsaturated/α-hetero) is 1. The zero-order valence-electron chi connectivity index (χ0n) is 12.1. The smallest absolute Gasteiger partial charge is 0.354 e. The van der Waals surface area contributed by atoms with Gasteiger partial charge in [0.2, 0.25) is 0 Å². The van der Waals surface area contributed by atoms with Gasteiger partial charge in [-0.3, -0.25) is 9.69 Å². The van der Waals surface area contributed by atoms with Crippen LogP contribution in [0.4, 0.5) is 10.5 Å². The molecule has 0 aliphatic carbocycles. The number of carbonyl (C=O) groups is 2. The Labute approximate surface area is 125 Å². The van der Waals surface area contributed by atoms with Crippen molar-refractivity contribution in [2.45, 2.75) is 20.0 Å². The molecule has 0 spiro atoms. The van der Waals surface area contributed by atoms with Gasteiger partial charge in [-0.1, -0.05) is 6.07 Å². The van der Waals surface area contributed by atoms with Gasteiger partial charge in [-0.05, 0) is 19.1 Å². The number of methoxy groups -OCH3 is 1. The number of carbonyl (C=O) groups excluding carboxylic acids is 2. The molecule has 0 saturated heterocycles. The summed E-state index contributed by atoms with van der Waals surface area (Å²) in [4.78, 5) is 37.1. The Balaban J connectivity index is 1.95. The summed E-state index contributed by atoms with van der Waals surface area (Å²) in [6.45, 7) is 1.40. The van der Waals surface area contributed by atoms with Crippen LogP contribution in [0.25, 0.3) is 0 Å². The SMILES string of the molecule is COc1cccc(N2Cc3nn(CC(C)=O)c(=O)n3C2=O)c1. The lowest BCUT2D eigenvalue weighted by atomic mass is 10.3. The Morgan fingerprint density at radius 2 is 2.14 bits per heavy atom. The summed E-state index contributed by atoms with van der Waals surface area (Å²) < 4.78 is 7.13. The first-order chi connectivity index (χ1) is 10.5. The maximum absolute atomic E-state index is 12.4. The van der Waals surface area contributed by atoms with Crippen molar-refractivity contribution in [2.24, 2.45) is 0 Å². The van der Waals surface area contributed by atoms with Gasteiger partial charge in [0, 0.05) is 11.8 Å². The zero-order chi connectivity index (χ0) is 15.9. The van der Waals surface area contributed by atoms with Crippen molar-refractivity contribution >= 4 is 17.5 Å². The van der Waals surface area contributed by atoms with Crippen LogP contribution in [-0.4, -0.2) is 33.3 Å². The first-order valence-electron chi connectivity index (χ1n) is 6.65. The molecule has 1 amide bonds. The van der Waals surface area contributed by atoms with Gasteiger partial charge in [0.15, 0.2) is 11.6 Å². The van der Waals surface area contributed by atoms with Crippen LogP contribution in [0.1, 0.15) is 12.7 Å². The number of rotatable bonds is 4. The number of hydrogen-bond acceptors (Lipinski definition) is 5. The Morgan fingerprint density at radius 1 is 1.36 bits per heavy atom. The second kappa shape index (κ2) is 5.14. The third-order valence-corrected chi connectivity index (χ3v) is 3.37. The van der Waals surface area contributed by atoms with Crippen LogP contribution < -0.4 is 15.3 Å². The molecule has 3 rings (SSSR count). The van der Waals surface area contributed by atoms with Gasteiger partial charge in [-0.2, -0.15) is 9.67 Å². The average Bonchev–Trinajstić information content (AvgIpc) is 2.97. The van der Waals surface area contributed by atoms with Crippen LogP contribution >= 0.6 is 0 Å². The predicted molar refractivity (Wildman–Crippen MR) is 77.1 cm³/mol. The van der Waals surface area contributed by atoms with E-state index in [4.69, 9.17) is 4.74 Å². The van der Waals surface area contributed by atoms with Crippen LogP contribution in [0.15, 0.2) is 29.1 Å². The number of hydrogen-bond donors (Lipinski definition) is 0. The van der Waals surface area contributed by atoms with Gasteiger partial charge >= 0.3 is 11.7 Å². The highest BCUT2D eigenvalue weighted by atomic mass is 16.5. The first kappa shape index (κ1) is 14.1. The summed E-state index contributed by atoms with van der Waals surface area (Å²) in [5, 5.41) is 4.05. The number of nitrogens with zero attached hydrogens (tertiary/aromatic N) is 4. The number of anilines is 1. The van der Waals surface area contributed by atoms with Crippen LogP contribution in [0.3, 0.4) is 0 Å². The average molecular weight is 302 g/mol. The van der Waals surface area contributed by atoms with E-state index < -0.39 is 11.7 Å². The highest BCUT2D eigenvalue weighted by molar-refractivity contribution is 5.96. The summed E-state index contributed by atoms with van der Waals surface area (Å²) in [5.74, 6) is 0.735. The quantitative estimate of drug-likeness (QED) is 0.827. The second-order valence-electron chi connectivity index (χ2n) is 4.96. The van der Waals surface area contributed by atoms with Crippen molar-refractivity contribution in [3.05, 3.63) is 40.6 Å². The Morgan fingerprint density at radius 3 is 2.77 bits per heavy atom. The molecule has 0 saturated carbocycles. The molecule has 1 aromatic heterocycles. The maximum atomic E-state index is 12.4. The maximum Gasteiger partial charge on any atom is 0.354 e. The highest BCUT2D eigenvalue weighted by Crippen LogP contribution is 2.25. The molecule has 1 aromatic carbocycles. The third-order valence-electron chi connectivity index (χ3n) is 3.37. The highest BCUT2D eigenvalue weighted by Gasteiger charge is 2.33. The fourth-order valence-corrected chi connectivity index (χ4v) is 2.37. The van der Waals surface area contributed by atoms with Gasteiger partial charge in [0.25, 0.3) is 0 Å². The minimum Gasteiger partial charge on any atom is -0.497 e. The van der Waals surface area contributed by atoms with Crippen molar-refractivity contribution in [2.75, 3.05) is 12.0 Å². The van der Waals surface area contributed by atoms with Gasteiger partial charge in [0.05, 0.1) is 13.7 Å². The molecule has 1 aliphatic rings. The molecule has 0 unspecified atom stereocenters. The number of amides is 1. The van der Waals surface area contributed by atoms with E-state index in [1.54, 1.807) is 24.3 Å². The van der Waals surface area contributed by atoms with Gasteiger partial charge in [-0.25, -0.2) is 14.3 Å². The van der Waals surface area contributed by atoms with Crippen molar-refractivity contribution in [1.82, 2.24) is 14.3 Å². The molecule has 2 heterocycles. The summed E-state index contributed by atoms with van der Waals surface area (Å²) in [7, 11) is 1.54. The number of ketones is 1. The van der Waals surface area contributed by atoms with E-state index in [2.05, 4.69) is 5.10 Å². The van der Waals surface area contributed by atoms with E-state index in [1.807, 2.05) is 0 Å². The normalized spacial score (nSPS) is 13.4. The van der Waals surface area contributed by atoms with E-state index in [0.717, 1.165) is 9.25 Å².